The predicted molar refractivity (Wildman–Crippen MR) is 46.4 cm³/mol. The van der Waals surface area contributed by atoms with Crippen molar-refractivity contribution in [1.82, 2.24) is 10.3 Å². The first kappa shape index (κ1) is 9.18. The van der Waals surface area contributed by atoms with Crippen molar-refractivity contribution in [3.05, 3.63) is 30.1 Å². The van der Waals surface area contributed by atoms with Gasteiger partial charge in [0.05, 0.1) is 0 Å². The van der Waals surface area contributed by atoms with Gasteiger partial charge in [-0.2, -0.15) is 0 Å². The molecule has 1 amide bonds. The molecule has 0 aliphatic rings. The van der Waals surface area contributed by atoms with E-state index in [4.69, 9.17) is 5.21 Å². The van der Waals surface area contributed by atoms with Crippen molar-refractivity contribution >= 4 is 12.1 Å². The molecule has 1 heterocycles. The van der Waals surface area contributed by atoms with Gasteiger partial charge in [0, 0.05) is 18.9 Å². The van der Waals surface area contributed by atoms with Crippen molar-refractivity contribution in [2.24, 2.45) is 5.16 Å². The lowest BCUT2D eigenvalue weighted by atomic mass is 10.3. The van der Waals surface area contributed by atoms with E-state index in [9.17, 15) is 4.79 Å². The van der Waals surface area contributed by atoms with Gasteiger partial charge in [-0.1, -0.05) is 11.2 Å². The Morgan fingerprint density at radius 2 is 2.62 bits per heavy atom. The topological polar surface area (TPSA) is 74.6 Å². The van der Waals surface area contributed by atoms with Gasteiger partial charge in [-0.3, -0.25) is 9.78 Å². The predicted octanol–water partition coefficient (Wildman–Crippen LogP) is 0.158. The van der Waals surface area contributed by atoms with E-state index < -0.39 is 5.91 Å². The largest absolute Gasteiger partial charge is 0.411 e. The molecule has 0 aliphatic carbocycles. The summed E-state index contributed by atoms with van der Waals surface area (Å²) in [5.74, 6) is -0.439. The van der Waals surface area contributed by atoms with E-state index in [1.165, 1.54) is 0 Å². The first-order valence-electron chi connectivity index (χ1n) is 3.67. The first-order chi connectivity index (χ1) is 6.33. The molecule has 0 radical (unpaired) electrons. The van der Waals surface area contributed by atoms with Crippen LogP contribution in [0.2, 0.25) is 0 Å². The van der Waals surface area contributed by atoms with E-state index in [0.29, 0.717) is 6.54 Å². The molecule has 5 heteroatoms. The van der Waals surface area contributed by atoms with Crippen molar-refractivity contribution < 1.29 is 10.0 Å². The quantitative estimate of drug-likeness (QED) is 0.394. The van der Waals surface area contributed by atoms with E-state index in [-0.39, 0.29) is 0 Å². The van der Waals surface area contributed by atoms with Crippen molar-refractivity contribution in [3.63, 3.8) is 0 Å². The van der Waals surface area contributed by atoms with Crippen LogP contribution < -0.4 is 5.32 Å². The average Bonchev–Trinajstić information content (AvgIpc) is 2.17. The molecule has 0 fully saturated rings. The van der Waals surface area contributed by atoms with Gasteiger partial charge in [-0.15, -0.1) is 0 Å². The SMILES string of the molecule is O=C(/C=N/O)NCc1cccnc1. The van der Waals surface area contributed by atoms with Crippen LogP contribution >= 0.6 is 0 Å². The highest BCUT2D eigenvalue weighted by Gasteiger charge is 1.96. The lowest BCUT2D eigenvalue weighted by Gasteiger charge is -1.99. The van der Waals surface area contributed by atoms with Crippen LogP contribution in [0.15, 0.2) is 29.7 Å². The van der Waals surface area contributed by atoms with Crippen LogP contribution in [0.3, 0.4) is 0 Å². The second-order valence-corrected chi connectivity index (χ2v) is 2.32. The van der Waals surface area contributed by atoms with Crippen molar-refractivity contribution in [2.75, 3.05) is 0 Å². The number of aromatic nitrogens is 1. The molecule has 0 aliphatic heterocycles. The van der Waals surface area contributed by atoms with Gasteiger partial charge in [-0.05, 0) is 11.6 Å². The second-order valence-electron chi connectivity index (χ2n) is 2.32. The van der Waals surface area contributed by atoms with Gasteiger partial charge < -0.3 is 10.5 Å². The lowest BCUT2D eigenvalue weighted by Crippen LogP contribution is -2.23. The summed E-state index contributed by atoms with van der Waals surface area (Å²) < 4.78 is 0. The highest BCUT2D eigenvalue weighted by Crippen LogP contribution is 1.93. The van der Waals surface area contributed by atoms with Crippen LogP contribution in [0.25, 0.3) is 0 Å². The molecule has 1 aromatic heterocycles. The third-order valence-electron chi connectivity index (χ3n) is 1.36. The van der Waals surface area contributed by atoms with Crippen LogP contribution in [-0.2, 0) is 11.3 Å². The van der Waals surface area contributed by atoms with E-state index in [2.05, 4.69) is 15.5 Å². The number of carbonyl (C=O) groups is 1. The van der Waals surface area contributed by atoms with Gasteiger partial charge >= 0.3 is 0 Å². The molecular formula is C8H9N3O2. The van der Waals surface area contributed by atoms with Crippen LogP contribution in [0.1, 0.15) is 5.56 Å². The Kier molecular flexibility index (Phi) is 3.44. The zero-order valence-electron chi connectivity index (χ0n) is 6.84. The Bertz CT molecular complexity index is 298. The summed E-state index contributed by atoms with van der Waals surface area (Å²) in [5.41, 5.74) is 0.891. The number of pyridine rings is 1. The molecule has 68 valence electrons. The molecule has 0 atom stereocenters. The molecule has 0 saturated heterocycles. The number of oxime groups is 1. The molecular weight excluding hydrogens is 170 g/mol. The number of hydrogen-bond acceptors (Lipinski definition) is 4. The highest BCUT2D eigenvalue weighted by molar-refractivity contribution is 6.25. The fourth-order valence-corrected chi connectivity index (χ4v) is 0.790. The molecule has 0 aromatic carbocycles. The third-order valence-corrected chi connectivity index (χ3v) is 1.36. The molecule has 1 aromatic rings. The summed E-state index contributed by atoms with van der Waals surface area (Å²) in [7, 11) is 0. The molecule has 0 unspecified atom stereocenters. The van der Waals surface area contributed by atoms with E-state index in [1.807, 2.05) is 6.07 Å². The summed E-state index contributed by atoms with van der Waals surface area (Å²) in [4.78, 5) is 14.6. The minimum atomic E-state index is -0.439. The molecule has 0 spiro atoms. The molecule has 0 bridgehead atoms. The summed E-state index contributed by atoms with van der Waals surface area (Å²) in [5, 5.41) is 13.1. The molecule has 1 rings (SSSR count). The summed E-state index contributed by atoms with van der Waals surface area (Å²) in [6.07, 6.45) is 4.10. The number of amides is 1. The van der Waals surface area contributed by atoms with Crippen LogP contribution in [0.4, 0.5) is 0 Å². The maximum atomic E-state index is 10.8. The Morgan fingerprint density at radius 1 is 1.77 bits per heavy atom. The highest BCUT2D eigenvalue weighted by atomic mass is 16.4. The molecule has 0 saturated carbocycles. The minimum absolute atomic E-state index is 0.374. The van der Waals surface area contributed by atoms with Gasteiger partial charge in [-0.25, -0.2) is 0 Å². The Balaban J connectivity index is 2.40. The van der Waals surface area contributed by atoms with E-state index >= 15 is 0 Å². The Hall–Kier alpha value is -1.91. The number of carbonyl (C=O) groups excluding carboxylic acids is 1. The van der Waals surface area contributed by atoms with Gasteiger partial charge in [0.1, 0.15) is 6.21 Å². The summed E-state index contributed by atoms with van der Waals surface area (Å²) in [6.45, 7) is 0.374. The fraction of sp³-hybridized carbons (Fsp3) is 0.125. The van der Waals surface area contributed by atoms with Gasteiger partial charge in [0.15, 0.2) is 0 Å². The van der Waals surface area contributed by atoms with Crippen LogP contribution in [-0.4, -0.2) is 22.3 Å². The fourth-order valence-electron chi connectivity index (χ4n) is 0.790. The normalized spacial score (nSPS) is 10.2. The molecule has 5 nitrogen and oxygen atoms in total. The minimum Gasteiger partial charge on any atom is -0.411 e. The van der Waals surface area contributed by atoms with Gasteiger partial charge in [0.25, 0.3) is 5.91 Å². The van der Waals surface area contributed by atoms with E-state index in [1.54, 1.807) is 18.5 Å². The smallest absolute Gasteiger partial charge is 0.266 e. The Morgan fingerprint density at radius 3 is 3.23 bits per heavy atom. The van der Waals surface area contributed by atoms with Crippen molar-refractivity contribution in [1.29, 1.82) is 0 Å². The second kappa shape index (κ2) is 4.87. The average molecular weight is 179 g/mol. The first-order valence-corrected chi connectivity index (χ1v) is 3.67. The lowest BCUT2D eigenvalue weighted by molar-refractivity contribution is -0.114. The monoisotopic (exact) mass is 179 g/mol. The van der Waals surface area contributed by atoms with Crippen LogP contribution in [0, 0.1) is 0 Å². The number of hydrogen-bond donors (Lipinski definition) is 2. The number of nitrogens with zero attached hydrogens (tertiary/aromatic N) is 2. The Labute approximate surface area is 75.1 Å². The maximum absolute atomic E-state index is 10.8. The summed E-state index contributed by atoms with van der Waals surface area (Å²) >= 11 is 0. The van der Waals surface area contributed by atoms with Crippen molar-refractivity contribution in [3.8, 4) is 0 Å². The standard InChI is InChI=1S/C8H9N3O2/c12-8(6-11-13)10-5-7-2-1-3-9-4-7/h1-4,6,13H,5H2,(H,10,12)/b11-6+. The maximum Gasteiger partial charge on any atom is 0.266 e. The third kappa shape index (κ3) is 3.33. The molecule has 13 heavy (non-hydrogen) atoms. The van der Waals surface area contributed by atoms with Crippen molar-refractivity contribution in [2.45, 2.75) is 6.54 Å². The molecule has 2 N–H and O–H groups in total. The summed E-state index contributed by atoms with van der Waals surface area (Å²) in [6, 6.07) is 3.62. The van der Waals surface area contributed by atoms with E-state index in [0.717, 1.165) is 11.8 Å². The van der Waals surface area contributed by atoms with Crippen LogP contribution in [0.5, 0.6) is 0 Å². The number of rotatable bonds is 3. The van der Waals surface area contributed by atoms with Gasteiger partial charge in [0.2, 0.25) is 0 Å². The zero-order chi connectivity index (χ0) is 9.52. The zero-order valence-corrected chi connectivity index (χ0v) is 6.84. The number of nitrogens with one attached hydrogen (secondary N) is 1.